The second kappa shape index (κ2) is 8.00. The Labute approximate surface area is 122 Å². The highest BCUT2D eigenvalue weighted by Gasteiger charge is 1.92. The molecule has 0 heterocycles. The third-order valence-corrected chi connectivity index (χ3v) is 3.41. The molecular weight excluding hydrogens is 264 g/mol. The average molecular weight is 278 g/mol. The van der Waals surface area contributed by atoms with Crippen LogP contribution in [0, 0.1) is 23.7 Å². The maximum absolute atomic E-state index is 11.7. The molecule has 0 atom stereocenters. The monoisotopic (exact) mass is 278 g/mol. The van der Waals surface area contributed by atoms with Crippen molar-refractivity contribution in [3.8, 4) is 23.7 Å². The van der Waals surface area contributed by atoms with Crippen molar-refractivity contribution in [2.24, 2.45) is 0 Å². The summed E-state index contributed by atoms with van der Waals surface area (Å²) in [6, 6.07) is 19.4. The Bertz CT molecular complexity index is 621. The fourth-order valence-corrected chi connectivity index (χ4v) is 2.10. The van der Waals surface area contributed by atoms with Gasteiger partial charge in [-0.25, -0.2) is 0 Å². The fraction of sp³-hybridized carbons (Fsp3) is 0.111. The molecule has 0 aromatic heterocycles. The molecule has 0 fully saturated rings. The summed E-state index contributed by atoms with van der Waals surface area (Å²) in [6.07, 6.45) is 0. The molecule has 0 radical (unpaired) electrons. The topological polar surface area (TPSA) is 17.1 Å². The molecule has 2 rings (SSSR count). The van der Waals surface area contributed by atoms with Gasteiger partial charge in [-0.15, -0.1) is 0 Å². The van der Waals surface area contributed by atoms with Crippen LogP contribution in [0.25, 0.3) is 0 Å². The summed E-state index contributed by atoms with van der Waals surface area (Å²) in [4.78, 5) is 0. The molecule has 0 saturated heterocycles. The molecule has 0 bridgehead atoms. The standard InChI is InChI=1S/C18H14OS/c19-20(15-7-13-17-9-3-1-4-10-17)16-8-14-18-11-5-2-6-12-18/h1-6,9-12H,15-16H2. The van der Waals surface area contributed by atoms with Crippen LogP contribution < -0.4 is 0 Å². The van der Waals surface area contributed by atoms with Gasteiger partial charge in [0, 0.05) is 21.9 Å². The van der Waals surface area contributed by atoms with Crippen molar-refractivity contribution in [1.29, 1.82) is 0 Å². The molecule has 2 aromatic rings. The zero-order valence-electron chi connectivity index (χ0n) is 11.0. The van der Waals surface area contributed by atoms with E-state index in [0.717, 1.165) is 11.1 Å². The average Bonchev–Trinajstić information content (AvgIpc) is 2.49. The van der Waals surface area contributed by atoms with Gasteiger partial charge in [0.05, 0.1) is 11.5 Å². The van der Waals surface area contributed by atoms with E-state index in [2.05, 4.69) is 23.7 Å². The molecule has 20 heavy (non-hydrogen) atoms. The molecule has 0 unspecified atom stereocenters. The predicted octanol–water partition coefficient (Wildman–Crippen LogP) is 2.84. The molecule has 0 aliphatic rings. The second-order valence-corrected chi connectivity index (χ2v) is 5.52. The Balaban J connectivity index is 1.83. The summed E-state index contributed by atoms with van der Waals surface area (Å²) >= 11 is 0. The van der Waals surface area contributed by atoms with Gasteiger partial charge in [-0.05, 0) is 24.3 Å². The first-order chi connectivity index (χ1) is 9.84. The normalized spacial score (nSPS) is 9.25. The summed E-state index contributed by atoms with van der Waals surface area (Å²) in [7, 11) is -1.01. The highest BCUT2D eigenvalue weighted by Crippen LogP contribution is 1.96. The van der Waals surface area contributed by atoms with Crippen molar-refractivity contribution in [3.05, 3.63) is 71.8 Å². The van der Waals surface area contributed by atoms with E-state index < -0.39 is 10.8 Å². The van der Waals surface area contributed by atoms with Gasteiger partial charge in [0.1, 0.15) is 0 Å². The molecule has 0 spiro atoms. The van der Waals surface area contributed by atoms with Gasteiger partial charge in [0.25, 0.3) is 0 Å². The molecular formula is C18H14OS. The Morgan fingerprint density at radius 1 is 0.700 bits per heavy atom. The summed E-state index contributed by atoms with van der Waals surface area (Å²) in [5, 5.41) is 0. The lowest BCUT2D eigenvalue weighted by Crippen LogP contribution is -1.98. The minimum Gasteiger partial charge on any atom is -0.258 e. The predicted molar refractivity (Wildman–Crippen MR) is 84.5 cm³/mol. The van der Waals surface area contributed by atoms with E-state index in [4.69, 9.17) is 0 Å². The van der Waals surface area contributed by atoms with Gasteiger partial charge in [0.15, 0.2) is 0 Å². The Morgan fingerprint density at radius 3 is 1.50 bits per heavy atom. The quantitative estimate of drug-likeness (QED) is 0.772. The maximum atomic E-state index is 11.7. The van der Waals surface area contributed by atoms with E-state index in [1.807, 2.05) is 60.7 Å². The molecule has 98 valence electrons. The van der Waals surface area contributed by atoms with Crippen LogP contribution in [0.4, 0.5) is 0 Å². The van der Waals surface area contributed by atoms with Gasteiger partial charge >= 0.3 is 0 Å². The number of hydrogen-bond donors (Lipinski definition) is 0. The van der Waals surface area contributed by atoms with Gasteiger partial charge in [-0.3, -0.25) is 4.21 Å². The fourth-order valence-electron chi connectivity index (χ4n) is 1.53. The highest BCUT2D eigenvalue weighted by molar-refractivity contribution is 7.85. The van der Waals surface area contributed by atoms with Crippen LogP contribution in [0.1, 0.15) is 11.1 Å². The Hall–Kier alpha value is -2.29. The lowest BCUT2D eigenvalue weighted by atomic mass is 10.2. The minimum atomic E-state index is -1.01. The Kier molecular flexibility index (Phi) is 5.65. The third kappa shape index (κ3) is 5.14. The van der Waals surface area contributed by atoms with Crippen molar-refractivity contribution in [3.63, 3.8) is 0 Å². The van der Waals surface area contributed by atoms with Crippen LogP contribution in [0.5, 0.6) is 0 Å². The van der Waals surface area contributed by atoms with Gasteiger partial charge in [-0.2, -0.15) is 0 Å². The molecule has 0 amide bonds. The largest absolute Gasteiger partial charge is 0.258 e. The van der Waals surface area contributed by atoms with E-state index in [0.29, 0.717) is 11.5 Å². The smallest absolute Gasteiger partial charge is 0.0860 e. The molecule has 0 aliphatic heterocycles. The van der Waals surface area contributed by atoms with Crippen molar-refractivity contribution in [2.45, 2.75) is 0 Å². The Morgan fingerprint density at radius 2 is 1.10 bits per heavy atom. The van der Waals surface area contributed by atoms with Gasteiger partial charge in [-0.1, -0.05) is 60.1 Å². The first kappa shape index (κ1) is 14.1. The minimum absolute atomic E-state index is 0.359. The zero-order valence-corrected chi connectivity index (χ0v) is 11.8. The molecule has 2 heteroatoms. The van der Waals surface area contributed by atoms with Gasteiger partial charge in [0.2, 0.25) is 0 Å². The van der Waals surface area contributed by atoms with E-state index in [-0.39, 0.29) is 0 Å². The van der Waals surface area contributed by atoms with Crippen LogP contribution in [0.3, 0.4) is 0 Å². The SMILES string of the molecule is O=S(CC#Cc1ccccc1)CC#Cc1ccccc1. The summed E-state index contributed by atoms with van der Waals surface area (Å²) < 4.78 is 11.7. The number of rotatable bonds is 2. The summed E-state index contributed by atoms with van der Waals surface area (Å²) in [6.45, 7) is 0. The lowest BCUT2D eigenvalue weighted by Gasteiger charge is -1.90. The lowest BCUT2D eigenvalue weighted by molar-refractivity contribution is 0.687. The van der Waals surface area contributed by atoms with E-state index in [1.165, 1.54) is 0 Å². The van der Waals surface area contributed by atoms with E-state index in [1.54, 1.807) is 0 Å². The second-order valence-electron chi connectivity index (χ2n) is 4.06. The van der Waals surface area contributed by atoms with Crippen LogP contribution in [0.15, 0.2) is 60.7 Å². The van der Waals surface area contributed by atoms with Crippen LogP contribution in [-0.2, 0) is 10.8 Å². The molecule has 1 nitrogen and oxygen atoms in total. The van der Waals surface area contributed by atoms with Crippen LogP contribution >= 0.6 is 0 Å². The van der Waals surface area contributed by atoms with Crippen molar-refractivity contribution in [1.82, 2.24) is 0 Å². The van der Waals surface area contributed by atoms with Crippen LogP contribution in [-0.4, -0.2) is 15.7 Å². The summed E-state index contributed by atoms with van der Waals surface area (Å²) in [5.74, 6) is 12.6. The highest BCUT2D eigenvalue weighted by atomic mass is 32.2. The first-order valence-electron chi connectivity index (χ1n) is 6.27. The number of hydrogen-bond acceptors (Lipinski definition) is 1. The van der Waals surface area contributed by atoms with Crippen molar-refractivity contribution < 1.29 is 4.21 Å². The van der Waals surface area contributed by atoms with Crippen molar-refractivity contribution in [2.75, 3.05) is 11.5 Å². The van der Waals surface area contributed by atoms with Crippen LogP contribution in [0.2, 0.25) is 0 Å². The molecule has 0 saturated carbocycles. The number of benzene rings is 2. The third-order valence-electron chi connectivity index (χ3n) is 2.48. The van der Waals surface area contributed by atoms with E-state index in [9.17, 15) is 4.21 Å². The summed E-state index contributed by atoms with van der Waals surface area (Å²) in [5.41, 5.74) is 1.89. The van der Waals surface area contributed by atoms with Crippen molar-refractivity contribution >= 4 is 10.8 Å². The molecule has 0 aliphatic carbocycles. The molecule has 2 aromatic carbocycles. The molecule has 0 N–H and O–H groups in total. The zero-order chi connectivity index (χ0) is 14.0. The van der Waals surface area contributed by atoms with E-state index >= 15 is 0 Å². The first-order valence-corrected chi connectivity index (χ1v) is 7.76. The maximum Gasteiger partial charge on any atom is 0.0860 e. The van der Waals surface area contributed by atoms with Gasteiger partial charge < -0.3 is 0 Å².